The zero-order valence-electron chi connectivity index (χ0n) is 30.7. The van der Waals surface area contributed by atoms with Crippen LogP contribution in [0.5, 0.6) is 11.5 Å². The molecule has 54 heavy (non-hydrogen) atoms. The molecule has 1 spiro atoms. The van der Waals surface area contributed by atoms with Crippen molar-refractivity contribution in [3.63, 3.8) is 0 Å². The second kappa shape index (κ2) is 10.6. The highest BCUT2D eigenvalue weighted by atomic mass is 31.2. The van der Waals surface area contributed by atoms with Crippen molar-refractivity contribution in [2.75, 3.05) is 0 Å². The maximum Gasteiger partial charge on any atom is 0.584 e. The van der Waals surface area contributed by atoms with Crippen LogP contribution >= 0.6 is 7.82 Å². The Bertz CT molecular complexity index is 2810. The van der Waals surface area contributed by atoms with E-state index in [1.54, 1.807) is 0 Å². The number of fused-ring (bicyclic) bond motifs is 6. The number of phosphoric ester groups is 1. The molecule has 0 atom stereocenters. The normalized spacial score (nSPS) is 18.2. The third-order valence-electron chi connectivity index (χ3n) is 12.7. The highest BCUT2D eigenvalue weighted by Gasteiger charge is 2.61. The molecule has 1 heterocycles. The molecule has 0 amide bonds. The Morgan fingerprint density at radius 3 is 1.28 bits per heavy atom. The lowest BCUT2D eigenvalue weighted by molar-refractivity contribution is 0.276. The van der Waals surface area contributed by atoms with Gasteiger partial charge in [0.2, 0.25) is 0 Å². The molecule has 264 valence electrons. The Morgan fingerprint density at radius 1 is 0.481 bits per heavy atom. The van der Waals surface area contributed by atoms with Crippen LogP contribution in [0.4, 0.5) is 0 Å². The molecule has 4 nitrogen and oxygen atoms in total. The number of phosphoric acid groups is 1. The molecule has 1 N–H and O–H groups in total. The Labute approximate surface area is 314 Å². The van der Waals surface area contributed by atoms with Crippen LogP contribution in [0.2, 0.25) is 0 Å². The fraction of sp³-hybridized carbons (Fsp3) is 0.184. The van der Waals surface area contributed by atoms with Gasteiger partial charge in [0.15, 0.2) is 0 Å². The minimum atomic E-state index is -4.76. The molecule has 8 aromatic rings. The lowest BCUT2D eigenvalue weighted by Gasteiger charge is -2.35. The average molecular weight is 723 g/mol. The van der Waals surface area contributed by atoms with Crippen molar-refractivity contribution in [3.05, 3.63) is 156 Å². The summed E-state index contributed by atoms with van der Waals surface area (Å²) >= 11 is 0. The minimum Gasteiger partial charge on any atom is -0.394 e. The summed E-state index contributed by atoms with van der Waals surface area (Å²) in [4.78, 5) is 12.0. The van der Waals surface area contributed by atoms with E-state index >= 15 is 0 Å². The predicted octanol–water partition coefficient (Wildman–Crippen LogP) is 13.2. The molecule has 3 aliphatic rings. The number of benzene rings is 8. The first-order valence-electron chi connectivity index (χ1n) is 18.9. The van der Waals surface area contributed by atoms with Crippen molar-refractivity contribution in [1.29, 1.82) is 0 Å². The topological polar surface area (TPSA) is 55.8 Å². The molecular weight excluding hydrogens is 684 g/mol. The van der Waals surface area contributed by atoms with Gasteiger partial charge in [0.05, 0.1) is 0 Å². The van der Waals surface area contributed by atoms with Crippen LogP contribution in [0.3, 0.4) is 0 Å². The maximum atomic E-state index is 14.8. The molecule has 11 rings (SSSR count). The standard InChI is InChI=1S/C49H39O4P/c1-47(2)27-49-28-48(3,4)42-24-22-38(40-26-30-14-6-8-16-32(30)34-18-10-12-20-36(34)40)46(44(42)49)53-54(50,51)52-45-37(21-23-41(47)43(45)49)39-25-29-13-5-7-15-31(29)33-17-9-11-19-35(33)39/h5-26H,27-28H2,1-4H3,(H,50,51). The summed E-state index contributed by atoms with van der Waals surface area (Å²) in [5.41, 5.74) is 6.87. The van der Waals surface area contributed by atoms with E-state index in [0.717, 1.165) is 89.7 Å². The summed E-state index contributed by atoms with van der Waals surface area (Å²) in [6.07, 6.45) is 1.64. The van der Waals surface area contributed by atoms with Gasteiger partial charge in [-0.3, -0.25) is 4.89 Å². The first kappa shape index (κ1) is 32.1. The predicted molar refractivity (Wildman–Crippen MR) is 221 cm³/mol. The molecule has 5 heteroatoms. The van der Waals surface area contributed by atoms with Crippen LogP contribution in [-0.2, 0) is 20.8 Å². The Hall–Kier alpha value is -5.41. The molecule has 0 saturated carbocycles. The molecule has 0 fully saturated rings. The van der Waals surface area contributed by atoms with E-state index in [1.165, 1.54) is 10.8 Å². The quantitative estimate of drug-likeness (QED) is 0.143. The van der Waals surface area contributed by atoms with Crippen LogP contribution in [-0.4, -0.2) is 4.89 Å². The van der Waals surface area contributed by atoms with E-state index in [0.29, 0.717) is 11.5 Å². The smallest absolute Gasteiger partial charge is 0.394 e. The number of rotatable bonds is 2. The largest absolute Gasteiger partial charge is 0.584 e. The van der Waals surface area contributed by atoms with E-state index in [1.807, 2.05) is 0 Å². The lowest BCUT2D eigenvalue weighted by Crippen LogP contribution is -2.29. The molecule has 0 bridgehead atoms. The fourth-order valence-electron chi connectivity index (χ4n) is 10.9. The third kappa shape index (κ3) is 4.27. The Balaban J connectivity index is 1.26. The highest BCUT2D eigenvalue weighted by Crippen LogP contribution is 2.71. The van der Waals surface area contributed by atoms with Gasteiger partial charge in [0, 0.05) is 27.7 Å². The SMILES string of the molecule is CC1(C)CC23CC(C)(C)c4ccc(-c5cc6ccccc6c6ccccc56)c(c42)OP(=O)(O)Oc2c(-c4cc5ccccc5c5ccccc45)ccc1c23. The highest BCUT2D eigenvalue weighted by molar-refractivity contribution is 7.48. The molecule has 0 unspecified atom stereocenters. The first-order valence-corrected chi connectivity index (χ1v) is 20.4. The van der Waals surface area contributed by atoms with E-state index in [-0.39, 0.29) is 10.8 Å². The molecule has 2 aliphatic carbocycles. The van der Waals surface area contributed by atoms with Crippen molar-refractivity contribution in [1.82, 2.24) is 0 Å². The van der Waals surface area contributed by atoms with E-state index in [9.17, 15) is 9.46 Å². The number of hydrogen-bond acceptors (Lipinski definition) is 3. The van der Waals surface area contributed by atoms with Crippen LogP contribution in [0.25, 0.3) is 65.3 Å². The van der Waals surface area contributed by atoms with Gasteiger partial charge in [0.1, 0.15) is 11.5 Å². The number of hydrogen-bond donors (Lipinski definition) is 1. The van der Waals surface area contributed by atoms with Gasteiger partial charge in [-0.2, -0.15) is 0 Å². The van der Waals surface area contributed by atoms with E-state index < -0.39 is 13.2 Å². The average Bonchev–Trinajstić information content (AvgIpc) is 3.53. The summed E-state index contributed by atoms with van der Waals surface area (Å²) in [6, 6.07) is 46.8. The van der Waals surface area contributed by atoms with E-state index in [2.05, 4.69) is 161 Å². The van der Waals surface area contributed by atoms with Crippen molar-refractivity contribution in [3.8, 4) is 33.8 Å². The molecular formula is C49H39O4P. The summed E-state index contributed by atoms with van der Waals surface area (Å²) < 4.78 is 27.9. The third-order valence-corrected chi connectivity index (χ3v) is 13.6. The van der Waals surface area contributed by atoms with Crippen LogP contribution in [0, 0.1) is 0 Å². The van der Waals surface area contributed by atoms with Crippen molar-refractivity contribution in [2.45, 2.75) is 56.8 Å². The van der Waals surface area contributed by atoms with Crippen molar-refractivity contribution >= 4 is 50.9 Å². The molecule has 1 aliphatic heterocycles. The Kier molecular flexibility index (Phi) is 6.31. The van der Waals surface area contributed by atoms with Crippen LogP contribution in [0.15, 0.2) is 133 Å². The van der Waals surface area contributed by atoms with Gasteiger partial charge in [-0.15, -0.1) is 0 Å². The maximum absolute atomic E-state index is 14.8. The lowest BCUT2D eigenvalue weighted by atomic mass is 9.71. The molecule has 0 saturated heterocycles. The molecule has 0 aromatic heterocycles. The van der Waals surface area contributed by atoms with Gasteiger partial charge >= 0.3 is 7.82 Å². The van der Waals surface area contributed by atoms with Gasteiger partial charge < -0.3 is 9.05 Å². The van der Waals surface area contributed by atoms with E-state index in [4.69, 9.17) is 9.05 Å². The van der Waals surface area contributed by atoms with Crippen molar-refractivity contribution in [2.24, 2.45) is 0 Å². The van der Waals surface area contributed by atoms with Gasteiger partial charge in [-0.25, -0.2) is 4.57 Å². The second-order valence-electron chi connectivity index (χ2n) is 17.0. The summed E-state index contributed by atoms with van der Waals surface area (Å²) in [7, 11) is -4.76. The van der Waals surface area contributed by atoms with Gasteiger partial charge in [-0.05, 0) is 101 Å². The summed E-state index contributed by atoms with van der Waals surface area (Å²) in [5, 5.41) is 8.93. The molecule has 0 radical (unpaired) electrons. The Morgan fingerprint density at radius 2 is 0.852 bits per heavy atom. The van der Waals surface area contributed by atoms with Crippen molar-refractivity contribution < 1.29 is 18.5 Å². The summed E-state index contributed by atoms with van der Waals surface area (Å²) in [5.74, 6) is 0.917. The fourth-order valence-corrected chi connectivity index (χ4v) is 11.8. The first-order chi connectivity index (χ1) is 26.0. The van der Waals surface area contributed by atoms with Crippen LogP contribution in [0.1, 0.15) is 62.8 Å². The zero-order chi connectivity index (χ0) is 36.8. The summed E-state index contributed by atoms with van der Waals surface area (Å²) in [6.45, 7) is 9.21. The molecule has 8 aromatic carbocycles. The zero-order valence-corrected chi connectivity index (χ0v) is 31.6. The second-order valence-corrected chi connectivity index (χ2v) is 18.3. The van der Waals surface area contributed by atoms with Gasteiger partial charge in [0.25, 0.3) is 0 Å². The van der Waals surface area contributed by atoms with Gasteiger partial charge in [-0.1, -0.05) is 149 Å². The monoisotopic (exact) mass is 722 g/mol. The minimum absolute atomic E-state index is 0.248. The van der Waals surface area contributed by atoms with Crippen LogP contribution < -0.4 is 9.05 Å².